The lowest BCUT2D eigenvalue weighted by atomic mass is 10.0. The van der Waals surface area contributed by atoms with Crippen LogP contribution in [0.25, 0.3) is 0 Å². The fraction of sp³-hybridized carbons (Fsp3) is 0.571. The summed E-state index contributed by atoms with van der Waals surface area (Å²) in [5.74, 6) is 0. The highest BCUT2D eigenvalue weighted by Crippen LogP contribution is 2.22. The molecule has 0 aromatic heterocycles. The summed E-state index contributed by atoms with van der Waals surface area (Å²) in [6.45, 7) is 0.952. The van der Waals surface area contributed by atoms with Gasteiger partial charge in [0.15, 0.2) is 0 Å². The van der Waals surface area contributed by atoms with Gasteiger partial charge in [0, 0.05) is 16.2 Å². The van der Waals surface area contributed by atoms with E-state index in [2.05, 4.69) is 46.9 Å². The van der Waals surface area contributed by atoms with Crippen molar-refractivity contribution in [3.05, 3.63) is 33.4 Å². The fourth-order valence-corrected chi connectivity index (χ4v) is 2.67. The van der Waals surface area contributed by atoms with E-state index >= 15 is 0 Å². The molecule has 3 heteroatoms. The number of ether oxygens (including phenoxy) is 1. The molecule has 1 heterocycles. The fourth-order valence-electron chi connectivity index (χ4n) is 2.31. The Labute approximate surface area is 117 Å². The summed E-state index contributed by atoms with van der Waals surface area (Å²) >= 11 is 2.32. The van der Waals surface area contributed by atoms with Gasteiger partial charge in [0.25, 0.3) is 0 Å². The van der Waals surface area contributed by atoms with Crippen LogP contribution in [0.3, 0.4) is 0 Å². The first kappa shape index (κ1) is 13.3. The quantitative estimate of drug-likeness (QED) is 0.827. The molecule has 0 bridgehead atoms. The second-order valence-corrected chi connectivity index (χ2v) is 5.97. The minimum absolute atomic E-state index is 0.174. The lowest BCUT2D eigenvalue weighted by molar-refractivity contribution is 0.101. The number of nitrogens with two attached hydrogens (primary N) is 1. The van der Waals surface area contributed by atoms with Crippen LogP contribution in [0.4, 0.5) is 0 Å². The van der Waals surface area contributed by atoms with E-state index in [1.807, 2.05) is 0 Å². The summed E-state index contributed by atoms with van der Waals surface area (Å²) < 4.78 is 6.88. The van der Waals surface area contributed by atoms with Crippen LogP contribution >= 0.6 is 22.6 Å². The molecular formula is C14H20INO. The van der Waals surface area contributed by atoms with Crippen molar-refractivity contribution in [1.82, 2.24) is 0 Å². The monoisotopic (exact) mass is 345 g/mol. The maximum absolute atomic E-state index is 6.19. The van der Waals surface area contributed by atoms with Crippen LogP contribution in [0.15, 0.2) is 24.3 Å². The number of hydrogen-bond acceptors (Lipinski definition) is 2. The third kappa shape index (κ3) is 4.23. The molecular weight excluding hydrogens is 325 g/mol. The van der Waals surface area contributed by atoms with Crippen molar-refractivity contribution in [1.29, 1.82) is 0 Å². The van der Waals surface area contributed by atoms with E-state index in [0.717, 1.165) is 25.9 Å². The van der Waals surface area contributed by atoms with E-state index in [-0.39, 0.29) is 6.04 Å². The zero-order valence-electron chi connectivity index (χ0n) is 10.1. The topological polar surface area (TPSA) is 35.2 Å². The standard InChI is InChI=1S/C14H20INO/c15-12-8-6-11(7-9-12)14(16)5-1-3-13-4-2-10-17-13/h6-9,13-14H,1-5,10,16H2. The number of hydrogen-bond donors (Lipinski definition) is 1. The van der Waals surface area contributed by atoms with Crippen LogP contribution in [-0.4, -0.2) is 12.7 Å². The van der Waals surface area contributed by atoms with Gasteiger partial charge < -0.3 is 10.5 Å². The third-order valence-electron chi connectivity index (χ3n) is 3.36. The third-order valence-corrected chi connectivity index (χ3v) is 4.08. The molecule has 0 amide bonds. The second-order valence-electron chi connectivity index (χ2n) is 4.72. The molecule has 2 nitrogen and oxygen atoms in total. The van der Waals surface area contributed by atoms with Gasteiger partial charge in [-0.1, -0.05) is 12.1 Å². The van der Waals surface area contributed by atoms with Crippen LogP contribution in [0.1, 0.15) is 43.7 Å². The van der Waals surface area contributed by atoms with Crippen molar-refractivity contribution in [3.8, 4) is 0 Å². The molecule has 1 aliphatic rings. The molecule has 0 spiro atoms. The van der Waals surface area contributed by atoms with Crippen LogP contribution in [0.5, 0.6) is 0 Å². The van der Waals surface area contributed by atoms with Crippen molar-refractivity contribution < 1.29 is 4.74 Å². The summed E-state index contributed by atoms with van der Waals surface area (Å²) in [7, 11) is 0. The predicted molar refractivity (Wildman–Crippen MR) is 78.9 cm³/mol. The van der Waals surface area contributed by atoms with E-state index < -0.39 is 0 Å². The zero-order valence-corrected chi connectivity index (χ0v) is 12.2. The Kier molecular flexibility index (Phi) is 5.25. The van der Waals surface area contributed by atoms with Crippen molar-refractivity contribution in [2.75, 3.05) is 6.61 Å². The van der Waals surface area contributed by atoms with Gasteiger partial charge >= 0.3 is 0 Å². The summed E-state index contributed by atoms with van der Waals surface area (Å²) in [5, 5.41) is 0. The Morgan fingerprint density at radius 2 is 2.12 bits per heavy atom. The molecule has 0 saturated carbocycles. The van der Waals surface area contributed by atoms with Gasteiger partial charge in [-0.3, -0.25) is 0 Å². The minimum Gasteiger partial charge on any atom is -0.378 e. The van der Waals surface area contributed by atoms with Gasteiger partial charge in [0.2, 0.25) is 0 Å². The first-order valence-corrected chi connectivity index (χ1v) is 7.46. The average Bonchev–Trinajstić information content (AvgIpc) is 2.83. The minimum atomic E-state index is 0.174. The van der Waals surface area contributed by atoms with E-state index in [4.69, 9.17) is 10.5 Å². The molecule has 2 N–H and O–H groups in total. The van der Waals surface area contributed by atoms with E-state index in [1.165, 1.54) is 22.0 Å². The van der Waals surface area contributed by atoms with Gasteiger partial charge in [0.05, 0.1) is 6.10 Å². The Bertz CT molecular complexity index is 333. The SMILES string of the molecule is NC(CCCC1CCCO1)c1ccc(I)cc1. The smallest absolute Gasteiger partial charge is 0.0576 e. The van der Waals surface area contributed by atoms with E-state index in [9.17, 15) is 0 Å². The van der Waals surface area contributed by atoms with Crippen LogP contribution in [-0.2, 0) is 4.74 Å². The predicted octanol–water partition coefficient (Wildman–Crippen LogP) is 3.64. The highest BCUT2D eigenvalue weighted by atomic mass is 127. The Morgan fingerprint density at radius 3 is 2.76 bits per heavy atom. The molecule has 2 rings (SSSR count). The van der Waals surface area contributed by atoms with Crippen molar-refractivity contribution in [3.63, 3.8) is 0 Å². The van der Waals surface area contributed by atoms with E-state index in [1.54, 1.807) is 0 Å². The summed E-state index contributed by atoms with van der Waals surface area (Å²) in [5.41, 5.74) is 7.43. The lowest BCUT2D eigenvalue weighted by Gasteiger charge is -2.14. The molecule has 0 aliphatic carbocycles. The Balaban J connectivity index is 1.72. The number of benzene rings is 1. The lowest BCUT2D eigenvalue weighted by Crippen LogP contribution is -2.12. The normalized spacial score (nSPS) is 21.6. The Hall–Kier alpha value is -0.130. The molecule has 0 radical (unpaired) electrons. The van der Waals surface area contributed by atoms with Crippen LogP contribution in [0.2, 0.25) is 0 Å². The zero-order chi connectivity index (χ0) is 12.1. The molecule has 1 aromatic carbocycles. The van der Waals surface area contributed by atoms with Crippen LogP contribution in [0, 0.1) is 3.57 Å². The van der Waals surface area contributed by atoms with Gasteiger partial charge in [-0.05, 0) is 72.4 Å². The molecule has 1 fully saturated rings. The highest BCUT2D eigenvalue weighted by Gasteiger charge is 2.15. The molecule has 1 aromatic rings. The number of halogens is 1. The first-order chi connectivity index (χ1) is 8.25. The first-order valence-electron chi connectivity index (χ1n) is 6.38. The average molecular weight is 345 g/mol. The van der Waals surface area contributed by atoms with E-state index in [0.29, 0.717) is 6.10 Å². The van der Waals surface area contributed by atoms with Crippen LogP contribution < -0.4 is 5.73 Å². The van der Waals surface area contributed by atoms with Crippen molar-refractivity contribution in [2.24, 2.45) is 5.73 Å². The largest absolute Gasteiger partial charge is 0.378 e. The molecule has 17 heavy (non-hydrogen) atoms. The number of rotatable bonds is 5. The summed E-state index contributed by atoms with van der Waals surface area (Å²) in [4.78, 5) is 0. The van der Waals surface area contributed by atoms with Gasteiger partial charge in [0.1, 0.15) is 0 Å². The summed E-state index contributed by atoms with van der Waals surface area (Å²) in [6, 6.07) is 8.69. The highest BCUT2D eigenvalue weighted by molar-refractivity contribution is 14.1. The maximum Gasteiger partial charge on any atom is 0.0576 e. The molecule has 94 valence electrons. The van der Waals surface area contributed by atoms with Gasteiger partial charge in [-0.15, -0.1) is 0 Å². The van der Waals surface area contributed by atoms with Gasteiger partial charge in [-0.25, -0.2) is 0 Å². The van der Waals surface area contributed by atoms with Crippen molar-refractivity contribution in [2.45, 2.75) is 44.2 Å². The Morgan fingerprint density at radius 1 is 1.35 bits per heavy atom. The second kappa shape index (κ2) is 6.71. The maximum atomic E-state index is 6.19. The molecule has 2 atom stereocenters. The molecule has 1 saturated heterocycles. The molecule has 2 unspecified atom stereocenters. The summed E-state index contributed by atoms with van der Waals surface area (Å²) in [6.07, 6.45) is 6.35. The van der Waals surface area contributed by atoms with Crippen molar-refractivity contribution >= 4 is 22.6 Å². The van der Waals surface area contributed by atoms with Gasteiger partial charge in [-0.2, -0.15) is 0 Å². The molecule has 1 aliphatic heterocycles.